The first-order valence-corrected chi connectivity index (χ1v) is 7.46. The Morgan fingerprint density at radius 1 is 1.67 bits per heavy atom. The van der Waals surface area contributed by atoms with E-state index in [0.717, 1.165) is 22.9 Å². The highest BCUT2D eigenvalue weighted by molar-refractivity contribution is 8.13. The number of amidine groups is 1. The summed E-state index contributed by atoms with van der Waals surface area (Å²) in [5.74, 6) is 1.81. The molecule has 0 aliphatic rings. The number of aliphatic imine (C=N–C) groups is 1. The van der Waals surface area contributed by atoms with Crippen LogP contribution < -0.4 is 5.32 Å². The van der Waals surface area contributed by atoms with Crippen molar-refractivity contribution in [1.29, 1.82) is 5.26 Å². The van der Waals surface area contributed by atoms with Crippen molar-refractivity contribution in [2.75, 3.05) is 18.6 Å². The molecule has 0 radical (unpaired) electrons. The normalized spacial score (nSPS) is 10.6. The van der Waals surface area contributed by atoms with Crippen molar-refractivity contribution in [3.63, 3.8) is 0 Å². The van der Waals surface area contributed by atoms with Gasteiger partial charge in [0.15, 0.2) is 11.4 Å². The lowest BCUT2D eigenvalue weighted by atomic mass is 10.4. The zero-order chi connectivity index (χ0) is 12.5. The van der Waals surface area contributed by atoms with Crippen molar-refractivity contribution >= 4 is 28.7 Å². The maximum Gasteiger partial charge on any atom is 0.183 e. The fraction of sp³-hybridized carbons (Fsp3) is 0.500. The molecular weight excluding hydrogens is 270 g/mol. The number of aromatic nitrogens is 2. The zero-order valence-corrected chi connectivity index (χ0v) is 12.0. The van der Waals surface area contributed by atoms with Gasteiger partial charge in [0.1, 0.15) is 0 Å². The van der Waals surface area contributed by atoms with Crippen LogP contribution in [0.3, 0.4) is 0 Å². The monoisotopic (exact) mass is 287 g/mol. The van der Waals surface area contributed by atoms with Crippen molar-refractivity contribution < 1.29 is 5.48 Å². The van der Waals surface area contributed by atoms with Gasteiger partial charge >= 0.3 is 0 Å². The van der Waals surface area contributed by atoms with Crippen LogP contribution in [0.15, 0.2) is 11.3 Å². The SMILES string of the molecule is CS/C(=N\CCSCc1nc[nH]c1C)NC#N.O. The summed E-state index contributed by atoms with van der Waals surface area (Å²) >= 11 is 3.23. The van der Waals surface area contributed by atoms with Crippen LogP contribution >= 0.6 is 23.5 Å². The van der Waals surface area contributed by atoms with Crippen LogP contribution in [0.4, 0.5) is 0 Å². The van der Waals surface area contributed by atoms with Crippen molar-refractivity contribution in [1.82, 2.24) is 15.3 Å². The van der Waals surface area contributed by atoms with Crippen LogP contribution in [0.5, 0.6) is 0 Å². The highest BCUT2D eigenvalue weighted by Gasteiger charge is 2.00. The topological polar surface area (TPSA) is 108 Å². The standard InChI is InChI=1S/C10H15N5S2.H2O/c1-8-9(15-7-14-8)5-17-4-3-12-10(16-2)13-6-11;/h7H,3-5H2,1-2H3,(H,12,13)(H,14,15);1H2. The summed E-state index contributed by atoms with van der Waals surface area (Å²) in [6, 6.07) is 0. The van der Waals surface area contributed by atoms with Crippen LogP contribution in [-0.2, 0) is 5.75 Å². The van der Waals surface area contributed by atoms with Crippen LogP contribution in [0, 0.1) is 18.4 Å². The highest BCUT2D eigenvalue weighted by atomic mass is 32.2. The number of aromatic amines is 1. The molecule has 0 fully saturated rings. The average Bonchev–Trinajstić information content (AvgIpc) is 2.73. The van der Waals surface area contributed by atoms with Gasteiger partial charge in [-0.05, 0) is 13.2 Å². The number of H-pyrrole nitrogens is 1. The van der Waals surface area contributed by atoms with Crippen LogP contribution in [-0.4, -0.2) is 39.2 Å². The number of hydrogen-bond acceptors (Lipinski definition) is 5. The third-order valence-corrected chi connectivity index (χ3v) is 3.59. The second-order valence-electron chi connectivity index (χ2n) is 3.15. The molecule has 0 unspecified atom stereocenters. The smallest absolute Gasteiger partial charge is 0.183 e. The van der Waals surface area contributed by atoms with Crippen molar-refractivity contribution in [3.05, 3.63) is 17.7 Å². The molecule has 1 rings (SSSR count). The Morgan fingerprint density at radius 2 is 2.44 bits per heavy atom. The van der Waals surface area contributed by atoms with Gasteiger partial charge in [-0.3, -0.25) is 10.3 Å². The van der Waals surface area contributed by atoms with Gasteiger partial charge in [0.05, 0.1) is 18.6 Å². The summed E-state index contributed by atoms with van der Waals surface area (Å²) in [5.41, 5.74) is 2.22. The number of nitrogens with zero attached hydrogens (tertiary/aromatic N) is 3. The van der Waals surface area contributed by atoms with E-state index in [4.69, 9.17) is 5.26 Å². The Bertz CT molecular complexity index is 413. The van der Waals surface area contributed by atoms with Gasteiger partial charge in [-0.25, -0.2) is 4.98 Å². The molecule has 1 aromatic rings. The number of thioether (sulfide) groups is 2. The molecule has 0 saturated carbocycles. The number of nitrogens with one attached hydrogen (secondary N) is 2. The quantitative estimate of drug-likeness (QED) is 0.275. The molecule has 6 nitrogen and oxygen atoms in total. The predicted molar refractivity (Wildman–Crippen MR) is 77.7 cm³/mol. The van der Waals surface area contributed by atoms with Gasteiger partial charge in [-0.1, -0.05) is 11.8 Å². The van der Waals surface area contributed by atoms with Gasteiger partial charge in [-0.15, -0.1) is 0 Å². The van der Waals surface area contributed by atoms with E-state index in [1.165, 1.54) is 11.8 Å². The molecule has 8 heteroatoms. The average molecular weight is 287 g/mol. The fourth-order valence-electron chi connectivity index (χ4n) is 1.12. The molecule has 4 N–H and O–H groups in total. The summed E-state index contributed by atoms with van der Waals surface area (Å²) < 4.78 is 0. The Morgan fingerprint density at radius 3 is 3.00 bits per heavy atom. The molecular formula is C10H17N5OS2. The molecule has 0 bridgehead atoms. The van der Waals surface area contributed by atoms with Crippen molar-refractivity contribution in [3.8, 4) is 6.19 Å². The highest BCUT2D eigenvalue weighted by Crippen LogP contribution is 2.12. The molecule has 18 heavy (non-hydrogen) atoms. The first-order valence-electron chi connectivity index (χ1n) is 5.08. The van der Waals surface area contributed by atoms with E-state index in [-0.39, 0.29) is 5.48 Å². The molecule has 1 aromatic heterocycles. The van der Waals surface area contributed by atoms with E-state index in [2.05, 4.69) is 20.3 Å². The predicted octanol–water partition coefficient (Wildman–Crippen LogP) is 0.916. The molecule has 1 heterocycles. The zero-order valence-electron chi connectivity index (χ0n) is 10.4. The van der Waals surface area contributed by atoms with E-state index in [1.807, 2.05) is 19.4 Å². The van der Waals surface area contributed by atoms with Crippen molar-refractivity contribution in [2.45, 2.75) is 12.7 Å². The Kier molecular flexibility index (Phi) is 9.18. The summed E-state index contributed by atoms with van der Waals surface area (Å²) in [5, 5.41) is 11.7. The lowest BCUT2D eigenvalue weighted by Gasteiger charge is -2.00. The Hall–Kier alpha value is -1.17. The number of nitriles is 1. The number of imidazole rings is 1. The second-order valence-corrected chi connectivity index (χ2v) is 5.05. The van der Waals surface area contributed by atoms with E-state index in [0.29, 0.717) is 11.7 Å². The minimum atomic E-state index is 0. The summed E-state index contributed by atoms with van der Waals surface area (Å²) in [4.78, 5) is 11.5. The lowest BCUT2D eigenvalue weighted by Crippen LogP contribution is -2.13. The first-order chi connectivity index (χ1) is 8.27. The minimum Gasteiger partial charge on any atom is -0.412 e. The fourth-order valence-corrected chi connectivity index (χ4v) is 2.33. The molecule has 100 valence electrons. The maximum absolute atomic E-state index is 8.45. The molecule has 0 aliphatic heterocycles. The molecule has 0 aromatic carbocycles. The van der Waals surface area contributed by atoms with E-state index in [9.17, 15) is 0 Å². The van der Waals surface area contributed by atoms with Gasteiger partial charge in [0.25, 0.3) is 0 Å². The summed E-state index contributed by atoms with van der Waals surface area (Å²) in [6.45, 7) is 2.72. The molecule has 0 amide bonds. The second kappa shape index (κ2) is 9.82. The number of rotatable bonds is 5. The molecule has 0 atom stereocenters. The van der Waals surface area contributed by atoms with Crippen LogP contribution in [0.1, 0.15) is 11.4 Å². The van der Waals surface area contributed by atoms with Gasteiger partial charge in [-0.2, -0.15) is 17.0 Å². The Balaban J connectivity index is 0.00000289. The molecule has 0 spiro atoms. The van der Waals surface area contributed by atoms with Crippen LogP contribution in [0.2, 0.25) is 0 Å². The minimum absolute atomic E-state index is 0. The Labute approximate surface area is 115 Å². The van der Waals surface area contributed by atoms with Crippen molar-refractivity contribution in [2.24, 2.45) is 4.99 Å². The van der Waals surface area contributed by atoms with Gasteiger partial charge in [0.2, 0.25) is 0 Å². The van der Waals surface area contributed by atoms with Gasteiger partial charge in [0, 0.05) is 17.2 Å². The largest absolute Gasteiger partial charge is 0.412 e. The maximum atomic E-state index is 8.45. The van der Waals surface area contributed by atoms with E-state index < -0.39 is 0 Å². The third-order valence-electron chi connectivity index (χ3n) is 2.02. The van der Waals surface area contributed by atoms with Crippen LogP contribution in [0.25, 0.3) is 0 Å². The number of hydrogen-bond donors (Lipinski definition) is 2. The van der Waals surface area contributed by atoms with E-state index >= 15 is 0 Å². The first kappa shape index (κ1) is 16.8. The molecule has 0 saturated heterocycles. The number of aryl methyl sites for hydroxylation is 1. The third kappa shape index (κ3) is 5.95. The summed E-state index contributed by atoms with van der Waals surface area (Å²) in [7, 11) is 0. The van der Waals surface area contributed by atoms with E-state index in [1.54, 1.807) is 18.1 Å². The molecule has 0 aliphatic carbocycles. The van der Waals surface area contributed by atoms with Gasteiger partial charge < -0.3 is 10.5 Å². The lowest BCUT2D eigenvalue weighted by molar-refractivity contribution is 0.824. The summed E-state index contributed by atoms with van der Waals surface area (Å²) in [6.07, 6.45) is 5.47.